The summed E-state index contributed by atoms with van der Waals surface area (Å²) in [6, 6.07) is 5.75. The SMILES string of the molecule is C=CC(=O)OC(C)Oc1cccc(C)c1C. The fourth-order valence-corrected chi connectivity index (χ4v) is 1.27. The highest BCUT2D eigenvalue weighted by atomic mass is 16.7. The van der Waals surface area contributed by atoms with Gasteiger partial charge in [0.1, 0.15) is 5.75 Å². The molecule has 0 fully saturated rings. The molecular weight excluding hydrogens is 204 g/mol. The molecule has 0 saturated carbocycles. The molecule has 0 aliphatic carbocycles. The zero-order valence-corrected chi connectivity index (χ0v) is 9.82. The smallest absolute Gasteiger partial charge is 0.333 e. The van der Waals surface area contributed by atoms with Crippen molar-refractivity contribution in [3.8, 4) is 5.75 Å². The number of ether oxygens (including phenoxy) is 2. The zero-order valence-electron chi connectivity index (χ0n) is 9.82. The molecule has 1 aromatic carbocycles. The van der Waals surface area contributed by atoms with Crippen LogP contribution in [-0.2, 0) is 9.53 Å². The van der Waals surface area contributed by atoms with Gasteiger partial charge in [0.2, 0.25) is 6.29 Å². The average Bonchev–Trinajstić information content (AvgIpc) is 2.24. The summed E-state index contributed by atoms with van der Waals surface area (Å²) in [5.74, 6) is 0.238. The maximum absolute atomic E-state index is 10.9. The molecule has 0 heterocycles. The van der Waals surface area contributed by atoms with Gasteiger partial charge in [-0.1, -0.05) is 18.7 Å². The Labute approximate surface area is 95.7 Å². The third kappa shape index (κ3) is 3.12. The van der Waals surface area contributed by atoms with Crippen molar-refractivity contribution < 1.29 is 14.3 Å². The Morgan fingerprint density at radius 1 is 1.44 bits per heavy atom. The molecule has 16 heavy (non-hydrogen) atoms. The Hall–Kier alpha value is -1.77. The molecule has 0 radical (unpaired) electrons. The van der Waals surface area contributed by atoms with E-state index in [-0.39, 0.29) is 0 Å². The molecule has 0 aliphatic heterocycles. The van der Waals surface area contributed by atoms with Crippen LogP contribution < -0.4 is 4.74 Å². The van der Waals surface area contributed by atoms with Gasteiger partial charge >= 0.3 is 5.97 Å². The number of esters is 1. The van der Waals surface area contributed by atoms with Crippen molar-refractivity contribution in [2.24, 2.45) is 0 Å². The lowest BCUT2D eigenvalue weighted by molar-refractivity contribution is -0.155. The minimum absolute atomic E-state index is 0.488. The van der Waals surface area contributed by atoms with Gasteiger partial charge in [0.05, 0.1) is 0 Å². The second-order valence-corrected chi connectivity index (χ2v) is 3.52. The van der Waals surface area contributed by atoms with Crippen LogP contribution in [0.2, 0.25) is 0 Å². The zero-order chi connectivity index (χ0) is 12.1. The Bertz CT molecular complexity index is 396. The summed E-state index contributed by atoms with van der Waals surface area (Å²) < 4.78 is 10.4. The molecule has 0 bridgehead atoms. The van der Waals surface area contributed by atoms with Crippen LogP contribution in [0.25, 0.3) is 0 Å². The fourth-order valence-electron chi connectivity index (χ4n) is 1.27. The maximum Gasteiger partial charge on any atom is 0.333 e. The number of carbonyl (C=O) groups is 1. The van der Waals surface area contributed by atoms with Crippen molar-refractivity contribution in [2.45, 2.75) is 27.1 Å². The maximum atomic E-state index is 10.9. The molecule has 0 N–H and O–H groups in total. The summed E-state index contributed by atoms with van der Waals surface area (Å²) in [5.41, 5.74) is 2.18. The Balaban J connectivity index is 2.69. The van der Waals surface area contributed by atoms with Gasteiger partial charge in [0.25, 0.3) is 0 Å². The van der Waals surface area contributed by atoms with Crippen LogP contribution in [0.4, 0.5) is 0 Å². The third-order valence-corrected chi connectivity index (χ3v) is 2.30. The van der Waals surface area contributed by atoms with Gasteiger partial charge in [-0.05, 0) is 31.0 Å². The molecule has 1 aromatic rings. The minimum atomic E-state index is -0.619. The summed E-state index contributed by atoms with van der Waals surface area (Å²) in [7, 11) is 0. The van der Waals surface area contributed by atoms with Gasteiger partial charge < -0.3 is 9.47 Å². The standard InChI is InChI=1S/C13H16O3/c1-5-13(14)16-11(4)15-12-8-6-7-9(2)10(12)3/h5-8,11H,1H2,2-4H3. The Kier molecular flexibility index (Phi) is 4.11. The summed E-state index contributed by atoms with van der Waals surface area (Å²) in [5, 5.41) is 0. The van der Waals surface area contributed by atoms with Crippen molar-refractivity contribution in [3.05, 3.63) is 42.0 Å². The molecule has 0 spiro atoms. The fraction of sp³-hybridized carbons (Fsp3) is 0.308. The van der Waals surface area contributed by atoms with Crippen molar-refractivity contribution >= 4 is 5.97 Å². The lowest BCUT2D eigenvalue weighted by atomic mass is 10.1. The molecule has 0 saturated heterocycles. The summed E-state index contributed by atoms with van der Waals surface area (Å²) in [6.07, 6.45) is 0.495. The predicted molar refractivity (Wildman–Crippen MR) is 62.3 cm³/mol. The van der Waals surface area contributed by atoms with Gasteiger partial charge in [-0.25, -0.2) is 4.79 Å². The molecule has 86 valence electrons. The predicted octanol–water partition coefficient (Wildman–Crippen LogP) is 2.76. The number of aryl methyl sites for hydroxylation is 1. The van der Waals surface area contributed by atoms with E-state index in [0.29, 0.717) is 0 Å². The van der Waals surface area contributed by atoms with Crippen LogP contribution in [0.15, 0.2) is 30.9 Å². The van der Waals surface area contributed by atoms with E-state index in [1.54, 1.807) is 6.92 Å². The first kappa shape index (κ1) is 12.3. The molecule has 0 amide bonds. The molecule has 0 aromatic heterocycles. The molecule has 3 heteroatoms. The quantitative estimate of drug-likeness (QED) is 0.444. The molecule has 3 nitrogen and oxygen atoms in total. The summed E-state index contributed by atoms with van der Waals surface area (Å²) >= 11 is 0. The molecule has 0 aliphatic rings. The van der Waals surface area contributed by atoms with Crippen molar-refractivity contribution in [3.63, 3.8) is 0 Å². The van der Waals surface area contributed by atoms with Crippen molar-refractivity contribution in [2.75, 3.05) is 0 Å². The Morgan fingerprint density at radius 2 is 2.12 bits per heavy atom. The number of rotatable bonds is 4. The minimum Gasteiger partial charge on any atom is -0.455 e. The number of benzene rings is 1. The van der Waals surface area contributed by atoms with E-state index in [0.717, 1.165) is 23.0 Å². The van der Waals surface area contributed by atoms with E-state index in [4.69, 9.17) is 9.47 Å². The summed E-state index contributed by atoms with van der Waals surface area (Å²) in [4.78, 5) is 10.9. The topological polar surface area (TPSA) is 35.5 Å². The first-order valence-corrected chi connectivity index (χ1v) is 5.10. The first-order chi connectivity index (χ1) is 7.54. The van der Waals surface area contributed by atoms with Crippen molar-refractivity contribution in [1.29, 1.82) is 0 Å². The van der Waals surface area contributed by atoms with E-state index in [9.17, 15) is 4.79 Å². The van der Waals surface area contributed by atoms with Crippen molar-refractivity contribution in [1.82, 2.24) is 0 Å². The number of carbonyl (C=O) groups excluding carboxylic acids is 1. The van der Waals surface area contributed by atoms with Crippen LogP contribution in [0.5, 0.6) is 5.75 Å². The van der Waals surface area contributed by atoms with E-state index in [2.05, 4.69) is 6.58 Å². The van der Waals surface area contributed by atoms with E-state index >= 15 is 0 Å². The normalized spacial score (nSPS) is 11.7. The van der Waals surface area contributed by atoms with Gasteiger partial charge in [-0.3, -0.25) is 0 Å². The van der Waals surface area contributed by atoms with Gasteiger partial charge in [-0.2, -0.15) is 0 Å². The highest BCUT2D eigenvalue weighted by molar-refractivity contribution is 5.81. The second kappa shape index (κ2) is 5.35. The van der Waals surface area contributed by atoms with Gasteiger partial charge in [-0.15, -0.1) is 0 Å². The van der Waals surface area contributed by atoms with Crippen LogP contribution in [0, 0.1) is 13.8 Å². The number of hydrogen-bond donors (Lipinski definition) is 0. The third-order valence-electron chi connectivity index (χ3n) is 2.30. The molecule has 1 unspecified atom stereocenters. The molecule has 1 rings (SSSR count). The van der Waals surface area contributed by atoms with E-state index in [1.807, 2.05) is 32.0 Å². The van der Waals surface area contributed by atoms with Gasteiger partial charge in [0, 0.05) is 13.0 Å². The molecule has 1 atom stereocenters. The first-order valence-electron chi connectivity index (χ1n) is 5.10. The average molecular weight is 220 g/mol. The van der Waals surface area contributed by atoms with E-state index in [1.165, 1.54) is 0 Å². The van der Waals surface area contributed by atoms with Crippen LogP contribution in [0.1, 0.15) is 18.1 Å². The van der Waals surface area contributed by atoms with Crippen LogP contribution >= 0.6 is 0 Å². The Morgan fingerprint density at radius 3 is 2.75 bits per heavy atom. The van der Waals surface area contributed by atoms with Gasteiger partial charge in [0.15, 0.2) is 0 Å². The highest BCUT2D eigenvalue weighted by Gasteiger charge is 2.09. The lowest BCUT2D eigenvalue weighted by Crippen LogP contribution is -2.20. The number of hydrogen-bond acceptors (Lipinski definition) is 3. The van der Waals surface area contributed by atoms with Crippen LogP contribution in [0.3, 0.4) is 0 Å². The second-order valence-electron chi connectivity index (χ2n) is 3.52. The molecular formula is C13H16O3. The van der Waals surface area contributed by atoms with Crippen LogP contribution in [-0.4, -0.2) is 12.3 Å². The largest absolute Gasteiger partial charge is 0.455 e. The lowest BCUT2D eigenvalue weighted by Gasteiger charge is -2.16. The van der Waals surface area contributed by atoms with E-state index < -0.39 is 12.3 Å². The monoisotopic (exact) mass is 220 g/mol. The summed E-state index contributed by atoms with van der Waals surface area (Å²) in [6.45, 7) is 8.96. The highest BCUT2D eigenvalue weighted by Crippen LogP contribution is 2.21.